The first kappa shape index (κ1) is 19.4. The summed E-state index contributed by atoms with van der Waals surface area (Å²) < 4.78 is 5.22. The van der Waals surface area contributed by atoms with Crippen molar-refractivity contribution in [1.29, 1.82) is 0 Å². The Bertz CT molecular complexity index is 282. The second-order valence-electron chi connectivity index (χ2n) is 6.19. The van der Waals surface area contributed by atoms with Gasteiger partial charge in [0.1, 0.15) is 5.54 Å². The molecule has 0 heterocycles. The van der Waals surface area contributed by atoms with E-state index in [-0.39, 0.29) is 12.0 Å². The Morgan fingerprint density at radius 2 is 1.90 bits per heavy atom. The van der Waals surface area contributed by atoms with Crippen molar-refractivity contribution in [2.45, 2.75) is 78.4 Å². The van der Waals surface area contributed by atoms with Gasteiger partial charge in [-0.25, -0.2) is 0 Å². The molecule has 0 radical (unpaired) electrons. The summed E-state index contributed by atoms with van der Waals surface area (Å²) in [5.74, 6) is -0.139. The van der Waals surface area contributed by atoms with E-state index in [1.54, 1.807) is 0 Å². The molecule has 0 aliphatic carbocycles. The first-order valence-electron chi connectivity index (χ1n) is 7.92. The molecule has 4 nitrogen and oxygen atoms in total. The van der Waals surface area contributed by atoms with E-state index in [2.05, 4.69) is 45.0 Å². The van der Waals surface area contributed by atoms with Crippen LogP contribution in [-0.4, -0.2) is 48.7 Å². The minimum absolute atomic E-state index is 0.139. The van der Waals surface area contributed by atoms with E-state index in [4.69, 9.17) is 4.74 Å². The van der Waals surface area contributed by atoms with Crippen molar-refractivity contribution in [3.8, 4) is 0 Å². The van der Waals surface area contributed by atoms with Crippen molar-refractivity contribution in [2.75, 3.05) is 20.2 Å². The average molecular weight is 286 g/mol. The normalized spacial score (nSPS) is 16.2. The van der Waals surface area contributed by atoms with Crippen molar-refractivity contribution >= 4 is 5.97 Å². The highest BCUT2D eigenvalue weighted by atomic mass is 16.5. The Labute approximate surface area is 125 Å². The molecule has 0 rings (SSSR count). The number of nitrogens with one attached hydrogen (secondary N) is 1. The van der Waals surface area contributed by atoms with Gasteiger partial charge in [-0.3, -0.25) is 10.1 Å². The lowest BCUT2D eigenvalue weighted by molar-refractivity contribution is -0.151. The molecule has 0 aliphatic heterocycles. The van der Waals surface area contributed by atoms with Gasteiger partial charge in [0, 0.05) is 12.1 Å². The molecule has 120 valence electrons. The predicted molar refractivity (Wildman–Crippen MR) is 84.9 cm³/mol. The third kappa shape index (κ3) is 6.71. The summed E-state index contributed by atoms with van der Waals surface area (Å²) in [5, 5.41) is 3.36. The summed E-state index contributed by atoms with van der Waals surface area (Å²) in [5.41, 5.74) is -0.583. The van der Waals surface area contributed by atoms with E-state index in [0.717, 1.165) is 25.8 Å². The molecule has 0 saturated heterocycles. The molecule has 1 N–H and O–H groups in total. The highest BCUT2D eigenvalue weighted by Gasteiger charge is 2.34. The summed E-state index contributed by atoms with van der Waals surface area (Å²) >= 11 is 0. The number of carbonyl (C=O) groups excluding carboxylic acids is 1. The predicted octanol–water partition coefficient (Wildman–Crippen LogP) is 2.82. The highest BCUT2D eigenvalue weighted by Crippen LogP contribution is 2.17. The maximum absolute atomic E-state index is 12.2. The van der Waals surface area contributed by atoms with Crippen LogP contribution in [0.5, 0.6) is 0 Å². The van der Waals surface area contributed by atoms with E-state index >= 15 is 0 Å². The van der Waals surface area contributed by atoms with Crippen molar-refractivity contribution < 1.29 is 9.53 Å². The molecule has 0 spiro atoms. The van der Waals surface area contributed by atoms with Crippen LogP contribution in [0.4, 0.5) is 0 Å². The molecule has 0 bridgehead atoms. The molecule has 0 amide bonds. The van der Waals surface area contributed by atoms with Crippen LogP contribution in [0.15, 0.2) is 0 Å². The lowest BCUT2D eigenvalue weighted by Gasteiger charge is -2.32. The van der Waals surface area contributed by atoms with Crippen LogP contribution < -0.4 is 5.32 Å². The van der Waals surface area contributed by atoms with Gasteiger partial charge in [-0.05, 0) is 67.5 Å². The second-order valence-corrected chi connectivity index (χ2v) is 6.19. The number of hydrogen-bond donors (Lipinski definition) is 1. The van der Waals surface area contributed by atoms with Crippen molar-refractivity contribution in [1.82, 2.24) is 10.2 Å². The first-order chi connectivity index (χ1) is 9.26. The second kappa shape index (κ2) is 9.35. The summed E-state index contributed by atoms with van der Waals surface area (Å²) in [6, 6.07) is 0.846. The lowest BCUT2D eigenvalue weighted by atomic mass is 9.94. The number of nitrogens with zero attached hydrogens (tertiary/aromatic N) is 1. The van der Waals surface area contributed by atoms with Crippen molar-refractivity contribution in [2.24, 2.45) is 0 Å². The average Bonchev–Trinajstić information content (AvgIpc) is 2.36. The van der Waals surface area contributed by atoms with Crippen LogP contribution in [-0.2, 0) is 9.53 Å². The van der Waals surface area contributed by atoms with Crippen LogP contribution in [0.2, 0.25) is 0 Å². The SMILES string of the molecule is CCOC(=O)C(C)(CCCN(C)C(C)CC)NC(C)C. The Balaban J connectivity index is 4.47. The maximum Gasteiger partial charge on any atom is 0.326 e. The van der Waals surface area contributed by atoms with Gasteiger partial charge < -0.3 is 9.64 Å². The monoisotopic (exact) mass is 286 g/mol. The molecule has 0 aromatic carbocycles. The van der Waals surface area contributed by atoms with Gasteiger partial charge in [-0.15, -0.1) is 0 Å². The molecule has 0 saturated carbocycles. The number of hydrogen-bond acceptors (Lipinski definition) is 4. The minimum Gasteiger partial charge on any atom is -0.465 e. The maximum atomic E-state index is 12.2. The third-order valence-electron chi connectivity index (χ3n) is 3.86. The summed E-state index contributed by atoms with van der Waals surface area (Å²) in [4.78, 5) is 14.5. The zero-order valence-electron chi connectivity index (χ0n) is 14.5. The molecule has 2 atom stereocenters. The molecule has 4 heteroatoms. The van der Waals surface area contributed by atoms with E-state index in [1.807, 2.05) is 13.8 Å². The molecular weight excluding hydrogens is 252 g/mol. The summed E-state index contributed by atoms with van der Waals surface area (Å²) in [6.45, 7) is 13.8. The van der Waals surface area contributed by atoms with Gasteiger partial charge in [0.25, 0.3) is 0 Å². The van der Waals surface area contributed by atoms with Crippen LogP contribution in [0.25, 0.3) is 0 Å². The smallest absolute Gasteiger partial charge is 0.326 e. The number of carbonyl (C=O) groups is 1. The fraction of sp³-hybridized carbons (Fsp3) is 0.938. The van der Waals surface area contributed by atoms with Crippen molar-refractivity contribution in [3.05, 3.63) is 0 Å². The fourth-order valence-corrected chi connectivity index (χ4v) is 2.37. The molecule has 0 aromatic rings. The van der Waals surface area contributed by atoms with Gasteiger partial charge in [0.05, 0.1) is 6.61 Å². The van der Waals surface area contributed by atoms with Crippen LogP contribution in [0.3, 0.4) is 0 Å². The van der Waals surface area contributed by atoms with Crippen LogP contribution >= 0.6 is 0 Å². The highest BCUT2D eigenvalue weighted by molar-refractivity contribution is 5.80. The third-order valence-corrected chi connectivity index (χ3v) is 3.86. The molecule has 0 fully saturated rings. The number of esters is 1. The fourth-order valence-electron chi connectivity index (χ4n) is 2.37. The largest absolute Gasteiger partial charge is 0.465 e. The van der Waals surface area contributed by atoms with Gasteiger partial charge >= 0.3 is 5.97 Å². The molecule has 0 aromatic heterocycles. The zero-order chi connectivity index (χ0) is 15.8. The van der Waals surface area contributed by atoms with Gasteiger partial charge in [0.2, 0.25) is 0 Å². The topological polar surface area (TPSA) is 41.6 Å². The Kier molecular flexibility index (Phi) is 9.06. The zero-order valence-corrected chi connectivity index (χ0v) is 14.5. The minimum atomic E-state index is -0.583. The summed E-state index contributed by atoms with van der Waals surface area (Å²) in [6.07, 6.45) is 2.93. The van der Waals surface area contributed by atoms with Gasteiger partial charge in [0.15, 0.2) is 0 Å². The Morgan fingerprint density at radius 3 is 2.35 bits per heavy atom. The van der Waals surface area contributed by atoms with E-state index in [0.29, 0.717) is 12.6 Å². The van der Waals surface area contributed by atoms with Crippen molar-refractivity contribution in [3.63, 3.8) is 0 Å². The Hall–Kier alpha value is -0.610. The van der Waals surface area contributed by atoms with E-state index in [9.17, 15) is 4.79 Å². The van der Waals surface area contributed by atoms with Crippen LogP contribution in [0, 0.1) is 0 Å². The van der Waals surface area contributed by atoms with Crippen LogP contribution in [0.1, 0.15) is 60.8 Å². The molecule has 0 aliphatic rings. The lowest BCUT2D eigenvalue weighted by Crippen LogP contribution is -2.53. The quantitative estimate of drug-likeness (QED) is 0.627. The standard InChI is InChI=1S/C16H34N2O2/c1-8-14(5)18(7)12-10-11-16(6,17-13(3)4)15(19)20-9-2/h13-14,17H,8-12H2,1-7H3. The Morgan fingerprint density at radius 1 is 1.30 bits per heavy atom. The summed E-state index contributed by atoms with van der Waals surface area (Å²) in [7, 11) is 2.14. The van der Waals surface area contributed by atoms with Gasteiger partial charge in [-0.1, -0.05) is 6.92 Å². The van der Waals surface area contributed by atoms with Gasteiger partial charge in [-0.2, -0.15) is 0 Å². The molecular formula is C16H34N2O2. The number of rotatable bonds is 10. The molecule has 2 unspecified atom stereocenters. The van der Waals surface area contributed by atoms with E-state index in [1.165, 1.54) is 0 Å². The molecule has 20 heavy (non-hydrogen) atoms. The number of ether oxygens (including phenoxy) is 1. The first-order valence-corrected chi connectivity index (χ1v) is 7.92. The van der Waals surface area contributed by atoms with E-state index < -0.39 is 5.54 Å².